The second-order valence-corrected chi connectivity index (χ2v) is 12.8. The van der Waals surface area contributed by atoms with E-state index in [0.29, 0.717) is 62.8 Å². The molecule has 5 rings (SSSR count). The first-order chi connectivity index (χ1) is 18.3. The molecule has 1 N–H and O–H groups in total. The molecule has 3 fully saturated rings. The van der Waals surface area contributed by atoms with Crippen molar-refractivity contribution >= 4 is 43.8 Å². The predicted octanol–water partition coefficient (Wildman–Crippen LogP) is 1.29. The van der Waals surface area contributed by atoms with Gasteiger partial charge in [-0.15, -0.1) is 10.2 Å². The van der Waals surface area contributed by atoms with Crippen LogP contribution in [0.3, 0.4) is 0 Å². The molecule has 204 valence electrons. The number of nitrogens with one attached hydrogen (secondary N) is 1. The lowest BCUT2D eigenvalue weighted by molar-refractivity contribution is -0.130. The van der Waals surface area contributed by atoms with Crippen LogP contribution in [0.4, 0.5) is 5.13 Å². The van der Waals surface area contributed by atoms with Crippen LogP contribution in [0.1, 0.15) is 36.8 Å². The highest BCUT2D eigenvalue weighted by molar-refractivity contribution is 7.92. The molecule has 0 bridgehead atoms. The minimum Gasteiger partial charge on any atom is -0.389 e. The van der Waals surface area contributed by atoms with Gasteiger partial charge in [0.2, 0.25) is 11.0 Å². The monoisotopic (exact) mass is 562 g/mol. The Morgan fingerprint density at radius 2 is 1.87 bits per heavy atom. The minimum atomic E-state index is -3.35. The average Bonchev–Trinajstić information content (AvgIpc) is 3.49. The van der Waals surface area contributed by atoms with Gasteiger partial charge in [0.25, 0.3) is 5.91 Å². The largest absolute Gasteiger partial charge is 0.389 e. The van der Waals surface area contributed by atoms with Gasteiger partial charge in [-0.25, -0.2) is 8.42 Å². The van der Waals surface area contributed by atoms with Crippen molar-refractivity contribution in [3.63, 3.8) is 0 Å². The summed E-state index contributed by atoms with van der Waals surface area (Å²) in [5.74, 6) is -0.467. The molecule has 38 heavy (non-hydrogen) atoms. The average molecular weight is 563 g/mol. The van der Waals surface area contributed by atoms with Gasteiger partial charge in [0.15, 0.2) is 21.7 Å². The Morgan fingerprint density at radius 3 is 2.50 bits per heavy atom. The normalized spacial score (nSPS) is 20.9. The Labute approximate surface area is 224 Å². The molecular weight excluding hydrogens is 532 g/mol. The Balaban J connectivity index is 1.26. The lowest BCUT2D eigenvalue weighted by Crippen LogP contribution is -2.47. The number of aromatic nitrogens is 2. The van der Waals surface area contributed by atoms with Gasteiger partial charge in [0.05, 0.1) is 29.9 Å². The van der Waals surface area contributed by atoms with Crippen molar-refractivity contribution in [2.75, 3.05) is 44.7 Å². The van der Waals surface area contributed by atoms with E-state index in [0.717, 1.165) is 18.1 Å². The molecule has 2 aromatic rings. The molecule has 1 aliphatic carbocycles. The number of benzene rings is 1. The molecule has 0 spiro atoms. The summed E-state index contributed by atoms with van der Waals surface area (Å²) < 4.78 is 30.4. The summed E-state index contributed by atoms with van der Waals surface area (Å²) in [6.45, 7) is 5.92. The Morgan fingerprint density at radius 1 is 1.13 bits per heavy atom. The van der Waals surface area contributed by atoms with Gasteiger partial charge in [0.1, 0.15) is 5.01 Å². The lowest BCUT2D eigenvalue weighted by Gasteiger charge is -2.33. The second kappa shape index (κ2) is 11.4. The number of hydrogen-bond donors (Lipinski definition) is 1. The molecule has 2 saturated heterocycles. The summed E-state index contributed by atoms with van der Waals surface area (Å²) in [6, 6.07) is 6.13. The first-order valence-electron chi connectivity index (χ1n) is 12.6. The maximum Gasteiger partial charge on any atom is 0.280 e. The predicted molar refractivity (Wildman–Crippen MR) is 140 cm³/mol. The molecule has 1 aromatic heterocycles. The highest BCUT2D eigenvalue weighted by atomic mass is 32.2. The van der Waals surface area contributed by atoms with Gasteiger partial charge in [-0.3, -0.25) is 19.8 Å². The number of piperazine rings is 1. The quantitative estimate of drug-likeness (QED) is 0.353. The van der Waals surface area contributed by atoms with Crippen molar-refractivity contribution in [1.82, 2.24) is 20.0 Å². The van der Waals surface area contributed by atoms with E-state index in [2.05, 4.69) is 25.6 Å². The molecule has 1 saturated carbocycles. The molecule has 1 atom stereocenters. The van der Waals surface area contributed by atoms with Crippen molar-refractivity contribution in [3.8, 4) is 0 Å². The molecule has 2 aliphatic heterocycles. The van der Waals surface area contributed by atoms with E-state index in [1.54, 1.807) is 19.1 Å². The van der Waals surface area contributed by atoms with E-state index in [-0.39, 0.29) is 27.9 Å². The van der Waals surface area contributed by atoms with Crippen molar-refractivity contribution in [3.05, 3.63) is 34.8 Å². The molecule has 1 aromatic carbocycles. The van der Waals surface area contributed by atoms with Gasteiger partial charge in [-0.2, -0.15) is 0 Å². The first kappa shape index (κ1) is 26.7. The fraction of sp³-hybridized carbons (Fsp3) is 0.542. The van der Waals surface area contributed by atoms with Crippen molar-refractivity contribution in [1.29, 1.82) is 0 Å². The van der Waals surface area contributed by atoms with Crippen molar-refractivity contribution in [2.24, 2.45) is 5.16 Å². The molecule has 2 amide bonds. The second-order valence-electron chi connectivity index (χ2n) is 9.54. The first-order valence-corrected chi connectivity index (χ1v) is 14.9. The van der Waals surface area contributed by atoms with Crippen LogP contribution in [0.5, 0.6) is 0 Å². The summed E-state index contributed by atoms with van der Waals surface area (Å²) in [7, 11) is -3.35. The third-order valence-corrected chi connectivity index (χ3v) is 9.78. The molecule has 3 aliphatic rings. The van der Waals surface area contributed by atoms with Gasteiger partial charge in [-0.1, -0.05) is 28.6 Å². The number of hydrogen-bond acceptors (Lipinski definition) is 11. The van der Waals surface area contributed by atoms with Crippen LogP contribution >= 0.6 is 11.3 Å². The lowest BCUT2D eigenvalue weighted by atomic mass is 10.1. The SMILES string of the molecule is CC(=O)N1CCN(Cc2nnc(NC(=O)/C(=N/O[C@@H]3CCOC3)c3ccc(S(=O)(=O)C4CC4)cc3)s2)CC1. The van der Waals surface area contributed by atoms with E-state index in [4.69, 9.17) is 9.57 Å². The highest BCUT2D eigenvalue weighted by Crippen LogP contribution is 2.33. The molecule has 12 nitrogen and oxygen atoms in total. The Bertz CT molecular complexity index is 1290. The van der Waals surface area contributed by atoms with Crippen molar-refractivity contribution < 1.29 is 27.6 Å². The Kier molecular flexibility index (Phi) is 8.02. The number of amides is 2. The van der Waals surface area contributed by atoms with Gasteiger partial charge in [-0.05, 0) is 25.0 Å². The maximum atomic E-state index is 13.2. The number of carbonyl (C=O) groups excluding carboxylic acids is 2. The van der Waals surface area contributed by atoms with Crippen LogP contribution in [0, 0.1) is 0 Å². The number of sulfone groups is 1. The van der Waals surface area contributed by atoms with E-state index < -0.39 is 15.7 Å². The van der Waals surface area contributed by atoms with Crippen LogP contribution in [-0.2, 0) is 35.5 Å². The summed E-state index contributed by atoms with van der Waals surface area (Å²) in [5, 5.41) is 15.9. The topological polar surface area (TPSA) is 143 Å². The fourth-order valence-corrected chi connectivity index (χ4v) is 6.69. The molecule has 14 heteroatoms. The third-order valence-electron chi connectivity index (χ3n) is 6.68. The van der Waals surface area contributed by atoms with Crippen LogP contribution < -0.4 is 5.32 Å². The van der Waals surface area contributed by atoms with Crippen LogP contribution in [0.25, 0.3) is 0 Å². The maximum absolute atomic E-state index is 13.2. The molecular formula is C24H30N6O6S2. The van der Waals surface area contributed by atoms with E-state index in [1.807, 2.05) is 4.90 Å². The Hall–Kier alpha value is -2.94. The summed E-state index contributed by atoms with van der Waals surface area (Å²) in [5.41, 5.74) is 0.425. The summed E-state index contributed by atoms with van der Waals surface area (Å²) in [6.07, 6.45) is 1.75. The zero-order valence-electron chi connectivity index (χ0n) is 21.0. The van der Waals surface area contributed by atoms with Gasteiger partial charge >= 0.3 is 0 Å². The van der Waals surface area contributed by atoms with Crippen LogP contribution in [0.2, 0.25) is 0 Å². The van der Waals surface area contributed by atoms with Gasteiger partial charge in [0, 0.05) is 45.1 Å². The highest BCUT2D eigenvalue weighted by Gasteiger charge is 2.37. The molecule has 3 heterocycles. The summed E-state index contributed by atoms with van der Waals surface area (Å²) >= 11 is 1.26. The number of carbonyl (C=O) groups is 2. The number of nitrogens with zero attached hydrogens (tertiary/aromatic N) is 5. The van der Waals surface area contributed by atoms with Crippen LogP contribution in [0.15, 0.2) is 34.3 Å². The standard InChI is InChI=1S/C24H30N6O6S2/c1-16(31)30-11-9-29(10-12-30)14-21-26-27-24(37-21)25-23(32)22(28-36-18-8-13-35-15-18)17-2-4-19(5-3-17)38(33,34)20-6-7-20/h2-5,18,20H,6-15H2,1H3,(H,25,27,32)/b28-22+/t18-/m1/s1. The molecule has 0 unspecified atom stereocenters. The zero-order valence-corrected chi connectivity index (χ0v) is 22.7. The van der Waals surface area contributed by atoms with Crippen LogP contribution in [-0.4, -0.2) is 96.7 Å². The fourth-order valence-electron chi connectivity index (χ4n) is 4.26. The smallest absolute Gasteiger partial charge is 0.280 e. The summed E-state index contributed by atoms with van der Waals surface area (Å²) in [4.78, 5) is 34.6. The van der Waals surface area contributed by atoms with E-state index in [1.165, 1.54) is 23.5 Å². The van der Waals surface area contributed by atoms with Gasteiger partial charge < -0.3 is 14.5 Å². The minimum absolute atomic E-state index is 0.00405. The molecule has 0 radical (unpaired) electrons. The third kappa shape index (κ3) is 6.37. The number of anilines is 1. The van der Waals surface area contributed by atoms with Crippen molar-refractivity contribution in [2.45, 2.75) is 49.0 Å². The van der Waals surface area contributed by atoms with E-state index in [9.17, 15) is 18.0 Å². The number of rotatable bonds is 9. The van der Waals surface area contributed by atoms with E-state index >= 15 is 0 Å². The number of oxime groups is 1. The number of ether oxygens (including phenoxy) is 1. The zero-order chi connectivity index (χ0) is 26.7.